The van der Waals surface area contributed by atoms with Crippen molar-refractivity contribution in [3.63, 3.8) is 0 Å². The van der Waals surface area contributed by atoms with Crippen LogP contribution in [0.5, 0.6) is 0 Å². The average Bonchev–Trinajstić information content (AvgIpc) is 3.25. The lowest BCUT2D eigenvalue weighted by molar-refractivity contribution is 1.21. The molecule has 0 amide bonds. The van der Waals surface area contributed by atoms with Gasteiger partial charge in [0.25, 0.3) is 0 Å². The fourth-order valence-corrected chi connectivity index (χ4v) is 3.56. The van der Waals surface area contributed by atoms with Gasteiger partial charge in [0, 0.05) is 55.4 Å². The smallest absolute Gasteiger partial charge is 0.0907 e. The Morgan fingerprint density at radius 3 is 1.54 bits per heavy atom. The van der Waals surface area contributed by atoms with Gasteiger partial charge in [0.05, 0.1) is 23.8 Å². The third-order valence-electron chi connectivity index (χ3n) is 4.49. The number of nitrogens with zero attached hydrogens (tertiary/aromatic N) is 2. The van der Waals surface area contributed by atoms with Gasteiger partial charge in [0.2, 0.25) is 0 Å². The highest BCUT2D eigenvalue weighted by Gasteiger charge is 2.11. The summed E-state index contributed by atoms with van der Waals surface area (Å²) in [5.41, 5.74) is 5.57. The van der Waals surface area contributed by atoms with Crippen LogP contribution in [0.1, 0.15) is 0 Å². The Morgan fingerprint density at radius 2 is 1.12 bits per heavy atom. The van der Waals surface area contributed by atoms with Gasteiger partial charge in [-0.3, -0.25) is 9.97 Å². The molecule has 5 aromatic rings. The van der Waals surface area contributed by atoms with Crippen LogP contribution >= 0.6 is 23.2 Å². The molecule has 0 saturated heterocycles. The molecule has 0 fully saturated rings. The molecule has 0 bridgehead atoms. The molecule has 2 N–H and O–H groups in total. The Labute approximate surface area is 158 Å². The number of nitrogens with one attached hydrogen (secondary N) is 2. The van der Waals surface area contributed by atoms with Crippen LogP contribution in [0.3, 0.4) is 0 Å². The van der Waals surface area contributed by atoms with Crippen LogP contribution in [0.4, 0.5) is 0 Å². The minimum atomic E-state index is 0.693. The van der Waals surface area contributed by atoms with Crippen LogP contribution in [0.2, 0.25) is 10.0 Å². The Kier molecular flexibility index (Phi) is 3.48. The third-order valence-corrected chi connectivity index (χ3v) is 4.96. The summed E-state index contributed by atoms with van der Waals surface area (Å²) in [5, 5.41) is 3.44. The molecular formula is C20H12Cl2N4. The topological polar surface area (TPSA) is 57.4 Å². The van der Waals surface area contributed by atoms with E-state index in [1.165, 1.54) is 0 Å². The summed E-state index contributed by atoms with van der Waals surface area (Å²) in [5.74, 6) is 0. The fourth-order valence-electron chi connectivity index (χ4n) is 3.22. The molecule has 0 spiro atoms. The van der Waals surface area contributed by atoms with Crippen LogP contribution in [-0.2, 0) is 0 Å². The quantitative estimate of drug-likeness (QED) is 0.391. The number of aromatic nitrogens is 4. The zero-order valence-electron chi connectivity index (χ0n) is 13.4. The van der Waals surface area contributed by atoms with E-state index in [-0.39, 0.29) is 0 Å². The molecule has 0 aliphatic heterocycles. The van der Waals surface area contributed by atoms with Crippen LogP contribution in [0.25, 0.3) is 44.3 Å². The minimum absolute atomic E-state index is 0.693. The number of aromatic amines is 2. The predicted octanol–water partition coefficient (Wildman–Crippen LogP) is 6.08. The molecule has 126 valence electrons. The molecule has 3 aromatic heterocycles. The normalized spacial score (nSPS) is 11.5. The monoisotopic (exact) mass is 378 g/mol. The summed E-state index contributed by atoms with van der Waals surface area (Å²) in [7, 11) is 0. The second kappa shape index (κ2) is 5.87. The first kappa shape index (κ1) is 15.4. The number of rotatable bonds is 2. The predicted molar refractivity (Wildman–Crippen MR) is 107 cm³/mol. The first-order valence-electron chi connectivity index (χ1n) is 8.05. The van der Waals surface area contributed by atoms with Crippen LogP contribution in [0.15, 0.2) is 61.2 Å². The molecule has 0 aliphatic carbocycles. The van der Waals surface area contributed by atoms with Gasteiger partial charge in [-0.05, 0) is 36.4 Å². The van der Waals surface area contributed by atoms with Crippen molar-refractivity contribution in [2.75, 3.05) is 0 Å². The van der Waals surface area contributed by atoms with Crippen LogP contribution in [0, 0.1) is 0 Å². The molecule has 4 nitrogen and oxygen atoms in total. The van der Waals surface area contributed by atoms with E-state index in [1.54, 1.807) is 12.4 Å². The standard InChI is InChI=1S/C20H12Cl2N4/c21-11-1-3-17-13(5-11)15(7-23-17)19-9-26-20(10-25-19)16-8-24-18-4-2-12(22)6-14(16)18/h1-10,23-24H. The fraction of sp³-hybridized carbons (Fsp3) is 0. The molecule has 5 rings (SSSR count). The van der Waals surface area contributed by atoms with Crippen molar-refractivity contribution in [3.05, 3.63) is 71.2 Å². The van der Waals surface area contributed by atoms with Crippen molar-refractivity contribution in [1.29, 1.82) is 0 Å². The minimum Gasteiger partial charge on any atom is -0.360 e. The summed E-state index contributed by atoms with van der Waals surface area (Å²) in [6, 6.07) is 11.5. The number of fused-ring (bicyclic) bond motifs is 2. The summed E-state index contributed by atoms with van der Waals surface area (Å²) in [6.07, 6.45) is 7.41. The van der Waals surface area contributed by atoms with Crippen molar-refractivity contribution >= 4 is 45.0 Å². The molecule has 0 aliphatic rings. The van der Waals surface area contributed by atoms with E-state index in [9.17, 15) is 0 Å². The highest BCUT2D eigenvalue weighted by Crippen LogP contribution is 2.32. The van der Waals surface area contributed by atoms with Crippen molar-refractivity contribution < 1.29 is 0 Å². The van der Waals surface area contributed by atoms with Crippen molar-refractivity contribution in [1.82, 2.24) is 19.9 Å². The lowest BCUT2D eigenvalue weighted by atomic mass is 10.1. The van der Waals surface area contributed by atoms with Gasteiger partial charge in [0.15, 0.2) is 0 Å². The largest absolute Gasteiger partial charge is 0.360 e. The highest BCUT2D eigenvalue weighted by atomic mass is 35.5. The van der Waals surface area contributed by atoms with Gasteiger partial charge in [-0.25, -0.2) is 0 Å². The molecule has 0 saturated carbocycles. The van der Waals surface area contributed by atoms with E-state index in [0.29, 0.717) is 10.0 Å². The second-order valence-corrected chi connectivity index (χ2v) is 6.94. The van der Waals surface area contributed by atoms with Gasteiger partial charge < -0.3 is 9.97 Å². The summed E-state index contributed by atoms with van der Waals surface area (Å²) in [6.45, 7) is 0. The van der Waals surface area contributed by atoms with Gasteiger partial charge in [0.1, 0.15) is 0 Å². The maximum absolute atomic E-state index is 6.13. The number of hydrogen-bond donors (Lipinski definition) is 2. The lowest BCUT2D eigenvalue weighted by Gasteiger charge is -2.02. The second-order valence-electron chi connectivity index (χ2n) is 6.07. The van der Waals surface area contributed by atoms with Crippen LogP contribution in [-0.4, -0.2) is 19.9 Å². The van der Waals surface area contributed by atoms with Crippen molar-refractivity contribution in [2.24, 2.45) is 0 Å². The number of hydrogen-bond acceptors (Lipinski definition) is 2. The van der Waals surface area contributed by atoms with Crippen LogP contribution < -0.4 is 0 Å². The molecule has 0 unspecified atom stereocenters. The molecule has 2 aromatic carbocycles. The van der Waals surface area contributed by atoms with Gasteiger partial charge in [-0.15, -0.1) is 0 Å². The maximum atomic E-state index is 6.13. The van der Waals surface area contributed by atoms with E-state index in [0.717, 1.165) is 44.3 Å². The lowest BCUT2D eigenvalue weighted by Crippen LogP contribution is -1.88. The van der Waals surface area contributed by atoms with E-state index < -0.39 is 0 Å². The summed E-state index contributed by atoms with van der Waals surface area (Å²) < 4.78 is 0. The van der Waals surface area contributed by atoms with Gasteiger partial charge in [-0.2, -0.15) is 0 Å². The Bertz CT molecular complexity index is 1150. The Morgan fingerprint density at radius 1 is 0.654 bits per heavy atom. The first-order valence-corrected chi connectivity index (χ1v) is 8.81. The number of halogens is 2. The maximum Gasteiger partial charge on any atom is 0.0907 e. The molecule has 26 heavy (non-hydrogen) atoms. The van der Waals surface area contributed by atoms with E-state index in [1.807, 2.05) is 48.8 Å². The Hall–Kier alpha value is -2.82. The zero-order chi connectivity index (χ0) is 17.7. The zero-order valence-corrected chi connectivity index (χ0v) is 14.9. The molecule has 6 heteroatoms. The molecule has 0 atom stereocenters. The molecular weight excluding hydrogens is 367 g/mol. The van der Waals surface area contributed by atoms with Crippen molar-refractivity contribution in [2.45, 2.75) is 0 Å². The summed E-state index contributed by atoms with van der Waals surface area (Å²) in [4.78, 5) is 15.7. The van der Waals surface area contributed by atoms with Crippen molar-refractivity contribution in [3.8, 4) is 22.5 Å². The Balaban J connectivity index is 1.60. The molecule has 0 radical (unpaired) electrons. The van der Waals surface area contributed by atoms with Gasteiger partial charge >= 0.3 is 0 Å². The number of benzene rings is 2. The van der Waals surface area contributed by atoms with E-state index in [4.69, 9.17) is 23.2 Å². The third kappa shape index (κ3) is 2.46. The highest BCUT2D eigenvalue weighted by molar-refractivity contribution is 6.31. The van der Waals surface area contributed by atoms with E-state index in [2.05, 4.69) is 19.9 Å². The summed E-state index contributed by atoms with van der Waals surface area (Å²) >= 11 is 12.3. The first-order chi connectivity index (χ1) is 12.7. The average molecular weight is 379 g/mol. The molecule has 3 heterocycles. The van der Waals surface area contributed by atoms with E-state index >= 15 is 0 Å². The number of H-pyrrole nitrogens is 2. The SMILES string of the molecule is Clc1ccc2[nH]cc(-c3cnc(-c4c[nH]c5ccc(Cl)cc45)cn3)c2c1. The van der Waals surface area contributed by atoms with Gasteiger partial charge in [-0.1, -0.05) is 23.2 Å².